The first kappa shape index (κ1) is 34.9. The predicted octanol–water partition coefficient (Wildman–Crippen LogP) is 4.67. The number of carbonyl (C=O) groups is 1. The average Bonchev–Trinajstić information content (AvgIpc) is 3.58. The van der Waals surface area contributed by atoms with Crippen molar-refractivity contribution in [1.29, 1.82) is 0 Å². The Morgan fingerprint density at radius 3 is 1.94 bits per heavy atom. The molecule has 0 saturated heterocycles. The Morgan fingerprint density at radius 2 is 1.30 bits per heavy atom. The maximum atomic E-state index is 13.8. The molecule has 0 amide bonds. The van der Waals surface area contributed by atoms with Gasteiger partial charge in [0.25, 0.3) is 11.1 Å². The lowest BCUT2D eigenvalue weighted by atomic mass is 10.1. The lowest BCUT2D eigenvalue weighted by molar-refractivity contribution is -0.131. The van der Waals surface area contributed by atoms with E-state index in [1.807, 2.05) is 0 Å². The van der Waals surface area contributed by atoms with E-state index in [0.717, 1.165) is 0 Å². The summed E-state index contributed by atoms with van der Waals surface area (Å²) in [7, 11) is -4.76. The average molecular weight is 734 g/mol. The van der Waals surface area contributed by atoms with Crippen molar-refractivity contribution < 1.29 is 26.7 Å². The van der Waals surface area contributed by atoms with Crippen LogP contribution in [-0.2, 0) is 34.8 Å². The zero-order chi connectivity index (χ0) is 37.1. The van der Waals surface area contributed by atoms with Crippen molar-refractivity contribution in [3.8, 4) is 34.3 Å². The fraction of sp³-hybridized carbons (Fsp3) is 0.162. The number of fused-ring (bicyclic) bond motifs is 2. The number of hydrogen-bond donors (Lipinski definition) is 1. The van der Waals surface area contributed by atoms with E-state index >= 15 is 0 Å². The third-order valence-electron chi connectivity index (χ3n) is 8.30. The van der Waals surface area contributed by atoms with Crippen molar-refractivity contribution in [2.24, 2.45) is 0 Å². The molecule has 0 atom stereocenters. The van der Waals surface area contributed by atoms with E-state index in [0.29, 0.717) is 75.4 Å². The van der Waals surface area contributed by atoms with Crippen molar-refractivity contribution >= 4 is 38.2 Å². The Balaban J connectivity index is 1.11. The molecule has 15 nitrogen and oxygen atoms in total. The number of ether oxygens (including phenoxy) is 1. The number of esters is 1. The van der Waals surface area contributed by atoms with Crippen LogP contribution in [0.15, 0.2) is 113 Å². The topological polar surface area (TPSA) is 190 Å². The van der Waals surface area contributed by atoms with Crippen LogP contribution in [0.3, 0.4) is 0 Å². The molecule has 0 bridgehead atoms. The van der Waals surface area contributed by atoms with Crippen LogP contribution in [0.25, 0.3) is 44.6 Å². The molecule has 53 heavy (non-hydrogen) atoms. The SMILES string of the molecule is CC(=O)Oc1cccc(-c2nc3ccccc3c(=O)n2Cc2cn(CCCCn3c(-c4cccc(OS(=O)(=O)O)c4)nc4ccccc4c3=O)nn2)c1. The van der Waals surface area contributed by atoms with E-state index in [9.17, 15) is 22.8 Å². The van der Waals surface area contributed by atoms with E-state index in [4.69, 9.17) is 19.3 Å². The number of unbranched alkanes of at least 4 members (excludes halogenated alkanes) is 1. The smallest absolute Gasteiger partial charge is 0.427 e. The number of aryl methyl sites for hydroxylation is 1. The van der Waals surface area contributed by atoms with Gasteiger partial charge in [0.05, 0.1) is 34.5 Å². The van der Waals surface area contributed by atoms with E-state index in [-0.39, 0.29) is 30.0 Å². The summed E-state index contributed by atoms with van der Waals surface area (Å²) < 4.78 is 46.4. The monoisotopic (exact) mass is 733 g/mol. The molecule has 0 unspecified atom stereocenters. The van der Waals surface area contributed by atoms with Crippen LogP contribution in [0.4, 0.5) is 0 Å². The maximum Gasteiger partial charge on any atom is 0.446 e. The summed E-state index contributed by atoms with van der Waals surface area (Å²) in [5.41, 5.74) is 1.98. The molecule has 0 spiro atoms. The summed E-state index contributed by atoms with van der Waals surface area (Å²) in [6.07, 6.45) is 2.88. The van der Waals surface area contributed by atoms with Gasteiger partial charge in [-0.05, 0) is 61.4 Å². The molecule has 7 aromatic rings. The summed E-state index contributed by atoms with van der Waals surface area (Å²) in [4.78, 5) is 48.5. The Kier molecular flexibility index (Phi) is 9.62. The van der Waals surface area contributed by atoms with E-state index in [2.05, 4.69) is 14.5 Å². The highest BCUT2D eigenvalue weighted by molar-refractivity contribution is 7.81. The zero-order valence-corrected chi connectivity index (χ0v) is 29.0. The van der Waals surface area contributed by atoms with Gasteiger partial charge in [-0.1, -0.05) is 53.7 Å². The fourth-order valence-electron chi connectivity index (χ4n) is 6.03. The van der Waals surface area contributed by atoms with Crippen LogP contribution in [0.2, 0.25) is 0 Å². The van der Waals surface area contributed by atoms with Crippen LogP contribution in [-0.4, -0.2) is 53.0 Å². The molecule has 3 heterocycles. The van der Waals surface area contributed by atoms with Crippen LogP contribution in [0.5, 0.6) is 11.5 Å². The summed E-state index contributed by atoms with van der Waals surface area (Å²) in [5, 5.41) is 9.45. The Hall–Kier alpha value is -6.52. The number of para-hydroxylation sites is 2. The predicted molar refractivity (Wildman–Crippen MR) is 195 cm³/mol. The minimum atomic E-state index is -4.76. The van der Waals surface area contributed by atoms with E-state index < -0.39 is 16.4 Å². The minimum Gasteiger partial charge on any atom is -0.427 e. The maximum absolute atomic E-state index is 13.8. The molecule has 0 saturated carbocycles. The molecule has 0 aliphatic rings. The van der Waals surface area contributed by atoms with Crippen molar-refractivity contribution in [2.75, 3.05) is 0 Å². The second-order valence-corrected chi connectivity index (χ2v) is 13.1. The van der Waals surface area contributed by atoms with Gasteiger partial charge in [-0.3, -0.25) is 32.8 Å². The van der Waals surface area contributed by atoms with Crippen molar-refractivity contribution in [3.63, 3.8) is 0 Å². The second-order valence-electron chi connectivity index (χ2n) is 12.1. The van der Waals surface area contributed by atoms with Crippen LogP contribution in [0.1, 0.15) is 25.5 Å². The number of aromatic nitrogens is 7. The molecule has 7 rings (SSSR count). The van der Waals surface area contributed by atoms with Gasteiger partial charge in [0.2, 0.25) is 0 Å². The lowest BCUT2D eigenvalue weighted by Crippen LogP contribution is -2.24. The lowest BCUT2D eigenvalue weighted by Gasteiger charge is -2.14. The first-order valence-corrected chi connectivity index (χ1v) is 17.8. The highest BCUT2D eigenvalue weighted by Crippen LogP contribution is 2.26. The Morgan fingerprint density at radius 1 is 0.736 bits per heavy atom. The first-order chi connectivity index (χ1) is 25.5. The zero-order valence-electron chi connectivity index (χ0n) is 28.2. The van der Waals surface area contributed by atoms with Gasteiger partial charge in [0.15, 0.2) is 0 Å². The second kappa shape index (κ2) is 14.6. The summed E-state index contributed by atoms with van der Waals surface area (Å²) >= 11 is 0. The molecule has 268 valence electrons. The summed E-state index contributed by atoms with van der Waals surface area (Å²) in [5.74, 6) is 0.398. The van der Waals surface area contributed by atoms with E-state index in [1.54, 1.807) is 89.7 Å². The number of benzene rings is 4. The fourth-order valence-corrected chi connectivity index (χ4v) is 6.38. The molecule has 0 radical (unpaired) electrons. The summed E-state index contributed by atoms with van der Waals surface area (Å²) in [6.45, 7) is 2.13. The molecule has 0 aliphatic carbocycles. The third kappa shape index (κ3) is 7.88. The van der Waals surface area contributed by atoms with Crippen LogP contribution in [0, 0.1) is 0 Å². The Bertz CT molecular complexity index is 2740. The van der Waals surface area contributed by atoms with E-state index in [1.165, 1.54) is 34.3 Å². The van der Waals surface area contributed by atoms with Gasteiger partial charge in [-0.25, -0.2) is 9.97 Å². The van der Waals surface area contributed by atoms with Crippen molar-refractivity contribution in [3.05, 3.63) is 130 Å². The molecule has 0 fully saturated rings. The van der Waals surface area contributed by atoms with Gasteiger partial charge in [0.1, 0.15) is 28.8 Å². The number of carbonyl (C=O) groups excluding carboxylic acids is 1. The summed E-state index contributed by atoms with van der Waals surface area (Å²) in [6, 6.07) is 26.7. The van der Waals surface area contributed by atoms with Gasteiger partial charge in [-0.2, -0.15) is 8.42 Å². The van der Waals surface area contributed by atoms with Crippen LogP contribution >= 0.6 is 0 Å². The van der Waals surface area contributed by atoms with Gasteiger partial charge in [-0.15, -0.1) is 5.10 Å². The highest BCUT2D eigenvalue weighted by Gasteiger charge is 2.17. The van der Waals surface area contributed by atoms with Crippen molar-refractivity contribution in [1.82, 2.24) is 34.1 Å². The van der Waals surface area contributed by atoms with Gasteiger partial charge in [0, 0.05) is 31.1 Å². The molecule has 16 heteroatoms. The van der Waals surface area contributed by atoms with Crippen molar-refractivity contribution in [2.45, 2.75) is 39.4 Å². The molecule has 1 N–H and O–H groups in total. The normalized spacial score (nSPS) is 11.6. The molecular weight excluding hydrogens is 703 g/mol. The first-order valence-electron chi connectivity index (χ1n) is 16.5. The Labute approximate surface area is 301 Å². The number of hydrogen-bond acceptors (Lipinski definition) is 11. The number of nitrogens with zero attached hydrogens (tertiary/aromatic N) is 7. The minimum absolute atomic E-state index is 0.0751. The third-order valence-corrected chi connectivity index (χ3v) is 8.70. The quantitative estimate of drug-likeness (QED) is 0.0792. The highest BCUT2D eigenvalue weighted by atomic mass is 32.3. The van der Waals surface area contributed by atoms with Gasteiger partial charge < -0.3 is 8.92 Å². The molecule has 0 aliphatic heterocycles. The standard InChI is InChI=1S/C37H31N7O8S/c1-24(45)51-28-12-8-10-25(20-28)35-39-33-17-5-3-15-31(33)37(47)44(35)23-27-22-42(41-40-27)18-6-7-19-43-34(38-32-16-4-2-14-30(32)36(43)46)26-11-9-13-29(21-26)52-53(48,49)50/h2-5,8-17,20-22H,6-7,18-19,23H2,1H3,(H,48,49,50). The molecule has 4 aromatic carbocycles. The number of rotatable bonds is 12. The van der Waals surface area contributed by atoms with Gasteiger partial charge >= 0.3 is 16.4 Å². The molecular formula is C37H31N7O8S. The van der Waals surface area contributed by atoms with Crippen LogP contribution < -0.4 is 20.0 Å². The molecule has 3 aromatic heterocycles. The largest absolute Gasteiger partial charge is 0.446 e.